The second-order valence-corrected chi connectivity index (χ2v) is 5.39. The Morgan fingerprint density at radius 2 is 1.60 bits per heavy atom. The molecule has 0 aromatic rings. The Hall–Kier alpha value is -0.150. The van der Waals surface area contributed by atoms with E-state index in [0.29, 0.717) is 0 Å². The number of rotatable bonds is 5. The van der Waals surface area contributed by atoms with Crippen molar-refractivity contribution in [1.29, 1.82) is 0 Å². The molecule has 15 heavy (non-hydrogen) atoms. The molecule has 0 fully saturated rings. The lowest BCUT2D eigenvalue weighted by Crippen LogP contribution is -2.41. The molecule has 0 atom stereocenters. The SMILES string of the molecule is O=S(=O)(Cl)CCOCC(F)(F)C(F)(F)F. The fourth-order valence-corrected chi connectivity index (χ4v) is 0.947. The van der Waals surface area contributed by atoms with Crippen LogP contribution in [0.1, 0.15) is 0 Å². The summed E-state index contributed by atoms with van der Waals surface area (Å²) in [4.78, 5) is 0. The molecule has 0 bridgehead atoms. The zero-order valence-electron chi connectivity index (χ0n) is 7.02. The zero-order chi connectivity index (χ0) is 12.3. The maximum absolute atomic E-state index is 12.1. The Morgan fingerprint density at radius 1 is 1.13 bits per heavy atom. The van der Waals surface area contributed by atoms with Crippen LogP contribution in [0.5, 0.6) is 0 Å². The highest BCUT2D eigenvalue weighted by Gasteiger charge is 2.57. The molecule has 0 aromatic carbocycles. The van der Waals surface area contributed by atoms with Crippen LogP contribution in [0.25, 0.3) is 0 Å². The van der Waals surface area contributed by atoms with Crippen LogP contribution in [-0.4, -0.2) is 39.5 Å². The van der Waals surface area contributed by atoms with Crippen molar-refractivity contribution in [2.75, 3.05) is 19.0 Å². The van der Waals surface area contributed by atoms with Gasteiger partial charge >= 0.3 is 12.1 Å². The zero-order valence-corrected chi connectivity index (χ0v) is 8.59. The molecule has 92 valence electrons. The van der Waals surface area contributed by atoms with Crippen molar-refractivity contribution in [3.8, 4) is 0 Å². The van der Waals surface area contributed by atoms with Gasteiger partial charge in [0.25, 0.3) is 0 Å². The first kappa shape index (κ1) is 14.8. The van der Waals surface area contributed by atoms with Gasteiger partial charge in [-0.1, -0.05) is 0 Å². The van der Waals surface area contributed by atoms with Crippen molar-refractivity contribution in [2.24, 2.45) is 0 Å². The van der Waals surface area contributed by atoms with Crippen molar-refractivity contribution < 1.29 is 35.1 Å². The molecular weight excluding hydrogens is 271 g/mol. The second-order valence-electron chi connectivity index (χ2n) is 2.50. The Balaban J connectivity index is 3.98. The van der Waals surface area contributed by atoms with Gasteiger partial charge in [0, 0.05) is 10.7 Å². The van der Waals surface area contributed by atoms with Crippen LogP contribution in [-0.2, 0) is 13.8 Å². The maximum Gasteiger partial charge on any atom is 0.455 e. The number of hydrogen-bond acceptors (Lipinski definition) is 3. The fraction of sp³-hybridized carbons (Fsp3) is 1.00. The van der Waals surface area contributed by atoms with Crippen LogP contribution >= 0.6 is 10.7 Å². The largest absolute Gasteiger partial charge is 0.455 e. The molecule has 0 rings (SSSR count). The highest BCUT2D eigenvalue weighted by atomic mass is 35.7. The quantitative estimate of drug-likeness (QED) is 0.437. The van der Waals surface area contributed by atoms with Gasteiger partial charge < -0.3 is 4.74 Å². The Morgan fingerprint density at radius 3 is 1.93 bits per heavy atom. The summed E-state index contributed by atoms with van der Waals surface area (Å²) in [6.07, 6.45) is -5.72. The molecule has 0 amide bonds. The summed E-state index contributed by atoms with van der Waals surface area (Å²) in [5, 5.41) is 0. The third-order valence-corrected chi connectivity index (χ3v) is 2.29. The van der Waals surface area contributed by atoms with E-state index in [2.05, 4.69) is 15.4 Å². The Labute approximate surface area is 86.6 Å². The van der Waals surface area contributed by atoms with Crippen LogP contribution in [0.3, 0.4) is 0 Å². The van der Waals surface area contributed by atoms with Crippen molar-refractivity contribution in [2.45, 2.75) is 12.1 Å². The molecule has 0 aliphatic rings. The summed E-state index contributed by atoms with van der Waals surface area (Å²) in [6.45, 7) is -2.75. The van der Waals surface area contributed by atoms with Crippen molar-refractivity contribution in [3.63, 3.8) is 0 Å². The summed E-state index contributed by atoms with van der Waals surface area (Å²) in [6, 6.07) is 0. The molecule has 0 saturated heterocycles. The molecule has 0 N–H and O–H groups in total. The van der Waals surface area contributed by atoms with Crippen LogP contribution in [0.4, 0.5) is 22.0 Å². The van der Waals surface area contributed by atoms with Crippen LogP contribution in [0, 0.1) is 0 Å². The average Bonchev–Trinajstić information content (AvgIpc) is 1.94. The standard InChI is InChI=1S/C5H6ClF5O3S/c6-15(12,13)2-1-14-3-4(7,8)5(9,10)11/h1-3H2. The molecular formula is C5H6ClF5O3S. The van der Waals surface area contributed by atoms with E-state index < -0.39 is 40.1 Å². The van der Waals surface area contributed by atoms with Crippen LogP contribution in [0.2, 0.25) is 0 Å². The smallest absolute Gasteiger partial charge is 0.374 e. The first-order valence-corrected chi connectivity index (χ1v) is 5.88. The van der Waals surface area contributed by atoms with E-state index in [1.165, 1.54) is 0 Å². The highest BCUT2D eigenvalue weighted by Crippen LogP contribution is 2.35. The minimum Gasteiger partial charge on any atom is -0.374 e. The molecule has 0 unspecified atom stereocenters. The molecule has 0 aliphatic carbocycles. The lowest BCUT2D eigenvalue weighted by molar-refractivity contribution is -0.296. The molecule has 10 heteroatoms. The number of alkyl halides is 5. The van der Waals surface area contributed by atoms with Crippen LogP contribution in [0.15, 0.2) is 0 Å². The number of hydrogen-bond donors (Lipinski definition) is 0. The summed E-state index contributed by atoms with van der Waals surface area (Å²) in [5.74, 6) is -5.83. The van der Waals surface area contributed by atoms with Gasteiger partial charge in [0.2, 0.25) is 9.05 Å². The minimum absolute atomic E-state index is 0.822. The summed E-state index contributed by atoms with van der Waals surface area (Å²) >= 11 is 0. The molecule has 3 nitrogen and oxygen atoms in total. The molecule has 0 saturated carbocycles. The third kappa shape index (κ3) is 6.10. The average molecular weight is 277 g/mol. The second kappa shape index (κ2) is 4.79. The van der Waals surface area contributed by atoms with E-state index in [1.807, 2.05) is 0 Å². The van der Waals surface area contributed by atoms with Crippen molar-refractivity contribution in [1.82, 2.24) is 0 Å². The van der Waals surface area contributed by atoms with Crippen LogP contribution < -0.4 is 0 Å². The fourth-order valence-electron chi connectivity index (χ4n) is 0.441. The topological polar surface area (TPSA) is 43.4 Å². The molecule has 0 aliphatic heterocycles. The molecule has 0 spiro atoms. The number of halogens is 6. The Kier molecular flexibility index (Phi) is 4.74. The highest BCUT2D eigenvalue weighted by molar-refractivity contribution is 8.13. The van der Waals surface area contributed by atoms with Gasteiger partial charge in [-0.05, 0) is 0 Å². The normalized spacial score (nSPS) is 14.3. The molecule has 0 aromatic heterocycles. The van der Waals surface area contributed by atoms with E-state index in [0.717, 1.165) is 0 Å². The van der Waals surface area contributed by atoms with E-state index in [1.54, 1.807) is 0 Å². The minimum atomic E-state index is -5.72. The van der Waals surface area contributed by atoms with Gasteiger partial charge in [0.15, 0.2) is 0 Å². The van der Waals surface area contributed by atoms with Gasteiger partial charge in [0.1, 0.15) is 6.61 Å². The van der Waals surface area contributed by atoms with Crippen molar-refractivity contribution >= 4 is 19.7 Å². The van der Waals surface area contributed by atoms with Gasteiger partial charge in [-0.25, -0.2) is 8.42 Å². The predicted molar refractivity (Wildman–Crippen MR) is 41.5 cm³/mol. The maximum atomic E-state index is 12.1. The number of ether oxygens (including phenoxy) is 1. The van der Waals surface area contributed by atoms with Gasteiger partial charge in [0.05, 0.1) is 12.4 Å². The summed E-state index contributed by atoms with van der Waals surface area (Å²) in [5.41, 5.74) is 0. The first-order valence-electron chi connectivity index (χ1n) is 3.40. The Bertz CT molecular complexity index is 298. The van der Waals surface area contributed by atoms with E-state index in [-0.39, 0.29) is 0 Å². The molecule has 0 heterocycles. The summed E-state index contributed by atoms with van der Waals surface area (Å²) < 4.78 is 83.1. The van der Waals surface area contributed by atoms with Gasteiger partial charge in [-0.2, -0.15) is 22.0 Å². The monoisotopic (exact) mass is 276 g/mol. The van der Waals surface area contributed by atoms with Gasteiger partial charge in [-0.3, -0.25) is 0 Å². The van der Waals surface area contributed by atoms with E-state index in [9.17, 15) is 30.4 Å². The molecule has 0 radical (unpaired) electrons. The van der Waals surface area contributed by atoms with Gasteiger partial charge in [-0.15, -0.1) is 0 Å². The lowest BCUT2D eigenvalue weighted by Gasteiger charge is -2.18. The van der Waals surface area contributed by atoms with E-state index in [4.69, 9.17) is 0 Å². The predicted octanol–water partition coefficient (Wildman–Crippen LogP) is 1.77. The third-order valence-electron chi connectivity index (χ3n) is 1.17. The summed E-state index contributed by atoms with van der Waals surface area (Å²) in [7, 11) is 0.699. The first-order chi connectivity index (χ1) is 6.46. The lowest BCUT2D eigenvalue weighted by atomic mass is 10.3. The van der Waals surface area contributed by atoms with E-state index >= 15 is 0 Å². The van der Waals surface area contributed by atoms with Crippen molar-refractivity contribution in [3.05, 3.63) is 0 Å².